The van der Waals surface area contributed by atoms with Gasteiger partial charge in [0.15, 0.2) is 0 Å². The molecule has 13 aromatic carbocycles. The van der Waals surface area contributed by atoms with Crippen molar-refractivity contribution in [3.8, 4) is 0 Å². The molecule has 0 bridgehead atoms. The summed E-state index contributed by atoms with van der Waals surface area (Å²) >= 11 is 0. The Bertz CT molecular complexity index is 4880. The highest BCUT2D eigenvalue weighted by molar-refractivity contribution is 7.03. The molecule has 0 atom stereocenters. The molecule has 474 valence electrons. The van der Waals surface area contributed by atoms with Gasteiger partial charge in [0.25, 0.3) is 13.4 Å². The molecule has 4 heterocycles. The van der Waals surface area contributed by atoms with E-state index in [4.69, 9.17) is 0 Å². The molecule has 0 spiro atoms. The van der Waals surface area contributed by atoms with Gasteiger partial charge >= 0.3 is 0 Å². The molecule has 0 amide bonds. The SMILES string of the molecule is Cc1cc(C)c(N(c2cc3c4c(c2)N(c2ccccc2)c2cc5c(cc2B4c2ccccc2N3c2ccccc2)B2c3ccccc3N(c3ccccc3)c3cc(N(c4c(C)cc(C)cc4C)c4c(C)cc(C)cc4C)cc(c32)N5c2ccccc2)c2c(C)cc(C)cc2C)c(C)c1. The molecule has 4 aliphatic rings. The van der Waals surface area contributed by atoms with E-state index in [1.54, 1.807) is 0 Å². The third-order valence-electron chi connectivity index (χ3n) is 21.1. The average Bonchev–Trinajstić information content (AvgIpc) is 0.691. The highest BCUT2D eigenvalue weighted by Gasteiger charge is 2.49. The van der Waals surface area contributed by atoms with Gasteiger partial charge in [-0.05, 0) is 251 Å². The van der Waals surface area contributed by atoms with Gasteiger partial charge in [-0.25, -0.2) is 0 Å². The van der Waals surface area contributed by atoms with Crippen LogP contribution in [-0.2, 0) is 0 Å². The van der Waals surface area contributed by atoms with Crippen molar-refractivity contribution < 1.29 is 0 Å². The average molecular weight is 1270 g/mol. The molecule has 6 nitrogen and oxygen atoms in total. The highest BCUT2D eigenvalue weighted by Crippen LogP contribution is 2.54. The summed E-state index contributed by atoms with van der Waals surface area (Å²) in [6.45, 7) is 26.9. The van der Waals surface area contributed by atoms with Crippen LogP contribution < -0.4 is 62.2 Å². The maximum atomic E-state index is 2.66. The quantitative estimate of drug-likeness (QED) is 0.126. The lowest BCUT2D eigenvalue weighted by Crippen LogP contribution is -2.65. The standard InChI is InChI=1S/C90H78B2N6/c1-55-41-59(5)87(60(6)42-55)97(88-61(7)43-56(2)44-62(88)8)71-49-81-85-83(51-71)95(69-33-21-15-22-34-69)79-54-80-76(53-75(79)91(85)73-37-25-27-39-77(73)93(81)67-29-17-13-18-30-67)92-74-38-26-28-40-78(74)94(68-31-19-14-20-32-68)82-50-72(52-84(86(82)92)96(80)70-35-23-16-24-36-70)98(89-63(9)45-57(3)46-64(89)10)90-65(11)47-58(4)48-66(90)12/h13-54H,1-12H3. The Labute approximate surface area is 579 Å². The predicted molar refractivity (Wildman–Crippen MR) is 421 cm³/mol. The Balaban J connectivity index is 1.01. The molecule has 0 radical (unpaired) electrons. The van der Waals surface area contributed by atoms with Crippen molar-refractivity contribution in [1.29, 1.82) is 0 Å². The van der Waals surface area contributed by atoms with Crippen molar-refractivity contribution in [2.75, 3.05) is 29.4 Å². The molecule has 98 heavy (non-hydrogen) atoms. The molecule has 4 aliphatic heterocycles. The molecule has 8 heteroatoms. The van der Waals surface area contributed by atoms with Crippen molar-refractivity contribution in [3.63, 3.8) is 0 Å². The third kappa shape index (κ3) is 9.46. The maximum absolute atomic E-state index is 2.66. The summed E-state index contributed by atoms with van der Waals surface area (Å²) in [5.41, 5.74) is 43.0. The van der Waals surface area contributed by atoms with E-state index >= 15 is 0 Å². The second-order valence-corrected chi connectivity index (χ2v) is 28.1. The Morgan fingerprint density at radius 2 is 0.449 bits per heavy atom. The summed E-state index contributed by atoms with van der Waals surface area (Å²) in [6, 6.07) is 97.2. The van der Waals surface area contributed by atoms with Gasteiger partial charge in [-0.1, -0.05) is 186 Å². The molecular formula is C90H78B2N6. The van der Waals surface area contributed by atoms with Crippen LogP contribution in [0.5, 0.6) is 0 Å². The molecule has 0 fully saturated rings. The normalized spacial score (nSPS) is 13.0. The van der Waals surface area contributed by atoms with Crippen LogP contribution in [-0.4, -0.2) is 13.4 Å². The fourth-order valence-corrected chi connectivity index (χ4v) is 17.9. The zero-order valence-corrected chi connectivity index (χ0v) is 58.1. The zero-order chi connectivity index (χ0) is 67.1. The van der Waals surface area contributed by atoms with Gasteiger partial charge in [-0.3, -0.25) is 0 Å². The van der Waals surface area contributed by atoms with Gasteiger partial charge < -0.3 is 29.4 Å². The second-order valence-electron chi connectivity index (χ2n) is 28.1. The van der Waals surface area contributed by atoms with E-state index < -0.39 is 0 Å². The van der Waals surface area contributed by atoms with Crippen LogP contribution in [0.25, 0.3) is 0 Å². The zero-order valence-electron chi connectivity index (χ0n) is 58.1. The van der Waals surface area contributed by atoms with Gasteiger partial charge in [0.2, 0.25) is 0 Å². The fourth-order valence-electron chi connectivity index (χ4n) is 17.9. The minimum atomic E-state index is -0.173. The number of hydrogen-bond acceptors (Lipinski definition) is 6. The smallest absolute Gasteiger partial charge is 0.252 e. The number of rotatable bonds is 10. The summed E-state index contributed by atoms with van der Waals surface area (Å²) < 4.78 is 0. The van der Waals surface area contributed by atoms with Crippen LogP contribution in [0.15, 0.2) is 255 Å². The van der Waals surface area contributed by atoms with Crippen LogP contribution in [0.2, 0.25) is 0 Å². The van der Waals surface area contributed by atoms with E-state index in [2.05, 4.69) is 367 Å². The van der Waals surface area contributed by atoms with E-state index in [0.717, 1.165) is 68.2 Å². The third-order valence-corrected chi connectivity index (χ3v) is 21.1. The first-order valence-electron chi connectivity index (χ1n) is 34.6. The van der Waals surface area contributed by atoms with Crippen molar-refractivity contribution in [2.24, 2.45) is 0 Å². The molecule has 0 aliphatic carbocycles. The van der Waals surface area contributed by atoms with E-state index in [-0.39, 0.29) is 13.4 Å². The van der Waals surface area contributed by atoms with Crippen LogP contribution in [0.3, 0.4) is 0 Å². The second kappa shape index (κ2) is 23.3. The van der Waals surface area contributed by atoms with Crippen LogP contribution >= 0.6 is 0 Å². The first kappa shape index (κ1) is 60.5. The summed E-state index contributed by atoms with van der Waals surface area (Å²) in [4.78, 5) is 15.5. The van der Waals surface area contributed by atoms with Gasteiger partial charge in [0, 0.05) is 68.2 Å². The molecule has 0 saturated heterocycles. The van der Waals surface area contributed by atoms with Crippen molar-refractivity contribution in [1.82, 2.24) is 0 Å². The lowest BCUT2D eigenvalue weighted by molar-refractivity contribution is 1.15. The predicted octanol–water partition coefficient (Wildman–Crippen LogP) is 20.5. The lowest BCUT2D eigenvalue weighted by atomic mass is 9.30. The summed E-state index contributed by atoms with van der Waals surface area (Å²) in [5.74, 6) is 0. The molecule has 0 saturated carbocycles. The van der Waals surface area contributed by atoms with Crippen LogP contribution in [0.4, 0.5) is 102 Å². The Kier molecular flexibility index (Phi) is 14.4. The monoisotopic (exact) mass is 1260 g/mol. The number of nitrogens with zero attached hydrogens (tertiary/aromatic N) is 6. The molecule has 13 aromatic rings. The van der Waals surface area contributed by atoms with E-state index in [1.165, 1.54) is 134 Å². The topological polar surface area (TPSA) is 19.4 Å². The van der Waals surface area contributed by atoms with Gasteiger partial charge in [0.05, 0.1) is 34.1 Å². The fraction of sp³-hybridized carbons (Fsp3) is 0.133. The number of para-hydroxylation sites is 6. The van der Waals surface area contributed by atoms with Crippen molar-refractivity contribution in [2.45, 2.75) is 83.1 Å². The summed E-state index contributed by atoms with van der Waals surface area (Å²) in [7, 11) is 0. The van der Waals surface area contributed by atoms with E-state index in [1.807, 2.05) is 0 Å². The highest BCUT2D eigenvalue weighted by atomic mass is 15.2. The Morgan fingerprint density at radius 3 is 0.714 bits per heavy atom. The van der Waals surface area contributed by atoms with Crippen molar-refractivity contribution >= 4 is 149 Å². The van der Waals surface area contributed by atoms with Crippen LogP contribution in [0, 0.1) is 83.1 Å². The number of anilines is 18. The molecular weight excluding hydrogens is 1190 g/mol. The van der Waals surface area contributed by atoms with Crippen LogP contribution in [0.1, 0.15) is 66.8 Å². The number of benzene rings is 13. The molecule has 0 N–H and O–H groups in total. The minimum absolute atomic E-state index is 0.173. The van der Waals surface area contributed by atoms with Gasteiger partial charge in [-0.2, -0.15) is 0 Å². The largest absolute Gasteiger partial charge is 0.311 e. The first-order chi connectivity index (χ1) is 47.6. The Morgan fingerprint density at radius 1 is 0.214 bits per heavy atom. The van der Waals surface area contributed by atoms with E-state index in [9.17, 15) is 0 Å². The number of fused-ring (bicyclic) bond motifs is 8. The van der Waals surface area contributed by atoms with Gasteiger partial charge in [-0.15, -0.1) is 0 Å². The van der Waals surface area contributed by atoms with E-state index in [0.29, 0.717) is 0 Å². The maximum Gasteiger partial charge on any atom is 0.252 e. The lowest BCUT2D eigenvalue weighted by Gasteiger charge is -2.48. The minimum Gasteiger partial charge on any atom is -0.311 e. The summed E-state index contributed by atoms with van der Waals surface area (Å²) in [5, 5.41) is 0. The van der Waals surface area contributed by atoms with Crippen molar-refractivity contribution in [3.05, 3.63) is 322 Å². The first-order valence-corrected chi connectivity index (χ1v) is 34.6. The Hall–Kier alpha value is -11.2. The number of aryl methyl sites for hydroxylation is 12. The molecule has 0 aromatic heterocycles. The molecule has 0 unspecified atom stereocenters. The van der Waals surface area contributed by atoms with Gasteiger partial charge in [0.1, 0.15) is 0 Å². The summed E-state index contributed by atoms with van der Waals surface area (Å²) in [6.07, 6.45) is 0. The molecule has 17 rings (SSSR count). The number of hydrogen-bond donors (Lipinski definition) is 0.